The molecule has 0 spiro atoms. The van der Waals surface area contributed by atoms with Crippen molar-refractivity contribution in [1.29, 1.82) is 0 Å². The van der Waals surface area contributed by atoms with E-state index in [1.54, 1.807) is 66.3 Å². The van der Waals surface area contributed by atoms with Crippen molar-refractivity contribution in [3.05, 3.63) is 59.4 Å². The van der Waals surface area contributed by atoms with Gasteiger partial charge in [-0.25, -0.2) is 0 Å². The van der Waals surface area contributed by atoms with Crippen LogP contribution in [-0.2, 0) is 4.79 Å². The van der Waals surface area contributed by atoms with Crippen LogP contribution in [0.1, 0.15) is 64.9 Å². The van der Waals surface area contributed by atoms with E-state index in [1.165, 1.54) is 0 Å². The summed E-state index contributed by atoms with van der Waals surface area (Å²) in [5.41, 5.74) is 1.77. The molecule has 0 bridgehead atoms. The second kappa shape index (κ2) is 13.0. The first-order chi connectivity index (χ1) is 17.3. The van der Waals surface area contributed by atoms with Crippen molar-refractivity contribution < 1.29 is 19.1 Å². The molecular weight excluding hydrogens is 456 g/mol. The molecule has 8 nitrogen and oxygen atoms in total. The van der Waals surface area contributed by atoms with Gasteiger partial charge in [0.15, 0.2) is 0 Å². The molecule has 1 aromatic carbocycles. The number of rotatable bonds is 6. The second-order valence-electron chi connectivity index (χ2n) is 9.46. The minimum Gasteiger partial charge on any atom is -0.493 e. The van der Waals surface area contributed by atoms with E-state index < -0.39 is 6.04 Å². The molecule has 0 saturated carbocycles. The number of para-hydroxylation sites is 1. The minimum atomic E-state index is -0.585. The Hall–Kier alpha value is -3.42. The Kier molecular flexibility index (Phi) is 9.85. The van der Waals surface area contributed by atoms with Gasteiger partial charge in [-0.1, -0.05) is 12.1 Å². The van der Waals surface area contributed by atoms with Crippen molar-refractivity contribution in [3.8, 4) is 5.75 Å². The summed E-state index contributed by atoms with van der Waals surface area (Å²) in [6.07, 6.45) is 6.31. The Morgan fingerprint density at radius 2 is 1.86 bits per heavy atom. The Labute approximate surface area is 214 Å². The van der Waals surface area contributed by atoms with E-state index >= 15 is 0 Å². The summed E-state index contributed by atoms with van der Waals surface area (Å²) in [5.74, 6) is 0.205. The predicted octanol–water partition coefficient (Wildman–Crippen LogP) is 3.79. The second-order valence-corrected chi connectivity index (χ2v) is 9.46. The highest BCUT2D eigenvalue weighted by Crippen LogP contribution is 2.23. The average Bonchev–Trinajstić information content (AvgIpc) is 2.89. The summed E-state index contributed by atoms with van der Waals surface area (Å²) in [5, 5.41) is 0. The molecule has 8 heteroatoms. The van der Waals surface area contributed by atoms with Gasteiger partial charge in [-0.05, 0) is 69.7 Å². The lowest BCUT2D eigenvalue weighted by atomic mass is 10.0. The maximum absolute atomic E-state index is 13.4. The molecule has 2 aromatic rings. The van der Waals surface area contributed by atoms with Gasteiger partial charge in [0, 0.05) is 46.1 Å². The first-order valence-corrected chi connectivity index (χ1v) is 12.7. The van der Waals surface area contributed by atoms with Crippen molar-refractivity contribution >= 4 is 17.7 Å². The highest BCUT2D eigenvalue weighted by atomic mass is 16.5. The van der Waals surface area contributed by atoms with Crippen LogP contribution in [0, 0.1) is 6.92 Å². The van der Waals surface area contributed by atoms with Crippen LogP contribution in [0.3, 0.4) is 0 Å². The Morgan fingerprint density at radius 3 is 2.64 bits per heavy atom. The molecular formula is C28H38N4O4. The number of likely N-dealkylation sites (N-methyl/N-ethyl adjacent to an activating group) is 2. The van der Waals surface area contributed by atoms with E-state index in [4.69, 9.17) is 4.74 Å². The molecule has 1 aliphatic rings. The Balaban J connectivity index is 1.69. The number of hydrogen-bond acceptors (Lipinski definition) is 5. The molecule has 3 amide bonds. The van der Waals surface area contributed by atoms with Crippen molar-refractivity contribution in [2.24, 2.45) is 0 Å². The third-order valence-electron chi connectivity index (χ3n) is 6.77. The van der Waals surface area contributed by atoms with Gasteiger partial charge >= 0.3 is 0 Å². The van der Waals surface area contributed by atoms with Crippen LogP contribution in [-0.4, -0.2) is 84.3 Å². The van der Waals surface area contributed by atoms with Crippen LogP contribution in [0.4, 0.5) is 0 Å². The molecule has 1 aliphatic heterocycles. The van der Waals surface area contributed by atoms with Gasteiger partial charge in [-0.15, -0.1) is 0 Å². The minimum absolute atomic E-state index is 0.0566. The first kappa shape index (κ1) is 27.2. The van der Waals surface area contributed by atoms with E-state index in [9.17, 15) is 14.4 Å². The zero-order valence-electron chi connectivity index (χ0n) is 21.9. The van der Waals surface area contributed by atoms with Crippen LogP contribution >= 0.6 is 0 Å². The predicted molar refractivity (Wildman–Crippen MR) is 139 cm³/mol. The molecule has 0 aliphatic carbocycles. The van der Waals surface area contributed by atoms with Crippen molar-refractivity contribution in [3.63, 3.8) is 0 Å². The molecule has 0 radical (unpaired) electrons. The highest BCUT2D eigenvalue weighted by Gasteiger charge is 2.31. The van der Waals surface area contributed by atoms with E-state index in [-0.39, 0.29) is 17.7 Å². The SMILES string of the molecule is Cc1ncccc1C(=O)N(C)CCCC[C@H]1C(=O)N(C)CCCCCOc2ccccc2C(=O)N1C. The summed E-state index contributed by atoms with van der Waals surface area (Å²) in [6, 6.07) is 10.2. The van der Waals surface area contributed by atoms with Gasteiger partial charge < -0.3 is 19.4 Å². The van der Waals surface area contributed by atoms with Gasteiger partial charge in [0.05, 0.1) is 17.7 Å². The van der Waals surface area contributed by atoms with Gasteiger partial charge in [0.2, 0.25) is 5.91 Å². The number of pyridine rings is 1. The molecule has 194 valence electrons. The lowest BCUT2D eigenvalue weighted by molar-refractivity contribution is -0.134. The number of fused-ring (bicyclic) bond motifs is 1. The van der Waals surface area contributed by atoms with Crippen molar-refractivity contribution in [2.45, 2.75) is 51.5 Å². The molecule has 0 N–H and O–H groups in total. The topological polar surface area (TPSA) is 83.0 Å². The Bertz CT molecular complexity index is 1060. The molecule has 1 aromatic heterocycles. The summed E-state index contributed by atoms with van der Waals surface area (Å²) >= 11 is 0. The molecule has 0 fully saturated rings. The lowest BCUT2D eigenvalue weighted by Crippen LogP contribution is -2.48. The van der Waals surface area contributed by atoms with E-state index in [0.717, 1.165) is 25.7 Å². The number of ether oxygens (including phenoxy) is 1. The third-order valence-corrected chi connectivity index (χ3v) is 6.77. The molecule has 2 heterocycles. The first-order valence-electron chi connectivity index (χ1n) is 12.7. The standard InChI is InChI=1S/C28H38N4O4/c1-21-22(14-12-17-29-21)26(33)30(2)19-10-8-15-24-28(35)31(3)18-9-5-11-20-36-25-16-7-6-13-23(25)27(34)32(24)4/h6-7,12-14,16-17,24H,5,8-11,15,18-20H2,1-4H3/t24-/m0/s1. The monoisotopic (exact) mass is 494 g/mol. The number of nitrogens with zero attached hydrogens (tertiary/aromatic N) is 4. The highest BCUT2D eigenvalue weighted by molar-refractivity contribution is 5.99. The zero-order chi connectivity index (χ0) is 26.1. The van der Waals surface area contributed by atoms with Gasteiger partial charge in [0.25, 0.3) is 11.8 Å². The molecule has 0 unspecified atom stereocenters. The quantitative estimate of drug-likeness (QED) is 0.571. The fourth-order valence-corrected chi connectivity index (χ4v) is 4.46. The van der Waals surface area contributed by atoms with Gasteiger partial charge in [-0.3, -0.25) is 19.4 Å². The summed E-state index contributed by atoms with van der Waals surface area (Å²) < 4.78 is 5.91. The maximum Gasteiger partial charge on any atom is 0.258 e. The molecule has 0 saturated heterocycles. The smallest absolute Gasteiger partial charge is 0.258 e. The fraction of sp³-hybridized carbons (Fsp3) is 0.500. The van der Waals surface area contributed by atoms with Crippen LogP contribution in [0.15, 0.2) is 42.6 Å². The largest absolute Gasteiger partial charge is 0.493 e. The summed E-state index contributed by atoms with van der Waals surface area (Å²) in [7, 11) is 5.27. The number of amides is 3. The molecule has 36 heavy (non-hydrogen) atoms. The van der Waals surface area contributed by atoms with Crippen LogP contribution in [0.2, 0.25) is 0 Å². The van der Waals surface area contributed by atoms with E-state index in [2.05, 4.69) is 4.98 Å². The van der Waals surface area contributed by atoms with Crippen LogP contribution in [0.25, 0.3) is 0 Å². The van der Waals surface area contributed by atoms with Crippen LogP contribution < -0.4 is 4.74 Å². The normalized spacial score (nSPS) is 17.4. The number of carbonyl (C=O) groups is 3. The average molecular weight is 495 g/mol. The lowest BCUT2D eigenvalue weighted by Gasteiger charge is -2.31. The number of unbranched alkanes of at least 4 members (excludes halogenated alkanes) is 1. The maximum atomic E-state index is 13.4. The number of benzene rings is 1. The molecule has 3 rings (SSSR count). The third kappa shape index (κ3) is 6.83. The zero-order valence-corrected chi connectivity index (χ0v) is 21.9. The van der Waals surface area contributed by atoms with Crippen LogP contribution in [0.5, 0.6) is 5.75 Å². The van der Waals surface area contributed by atoms with Crippen molar-refractivity contribution in [1.82, 2.24) is 19.7 Å². The Morgan fingerprint density at radius 1 is 1.08 bits per heavy atom. The number of carbonyl (C=O) groups excluding carboxylic acids is 3. The fourth-order valence-electron chi connectivity index (χ4n) is 4.46. The molecule has 1 atom stereocenters. The summed E-state index contributed by atoms with van der Waals surface area (Å²) in [6.45, 7) is 3.56. The van der Waals surface area contributed by atoms with Gasteiger partial charge in [-0.2, -0.15) is 0 Å². The van der Waals surface area contributed by atoms with Crippen molar-refractivity contribution in [2.75, 3.05) is 40.8 Å². The van der Waals surface area contributed by atoms with E-state index in [0.29, 0.717) is 55.1 Å². The summed E-state index contributed by atoms with van der Waals surface area (Å²) in [4.78, 5) is 48.8. The number of aryl methyl sites for hydroxylation is 1. The number of aromatic nitrogens is 1. The number of hydrogen-bond donors (Lipinski definition) is 0. The van der Waals surface area contributed by atoms with E-state index in [1.807, 2.05) is 19.1 Å². The van der Waals surface area contributed by atoms with Gasteiger partial charge in [0.1, 0.15) is 11.8 Å².